The fraction of sp³-hybridized carbons (Fsp3) is 0.571. The quantitative estimate of drug-likeness (QED) is 0.406. The van der Waals surface area contributed by atoms with Gasteiger partial charge in [-0.25, -0.2) is 0 Å². The van der Waals surface area contributed by atoms with Crippen LogP contribution in [0.5, 0.6) is 5.75 Å². The number of carboxylic acid groups (broad SMARTS) is 1. The van der Waals surface area contributed by atoms with Crippen molar-refractivity contribution in [3.63, 3.8) is 0 Å². The van der Waals surface area contributed by atoms with E-state index in [1.54, 1.807) is 6.08 Å². The molecule has 0 aliphatic rings. The lowest BCUT2D eigenvalue weighted by Gasteiger charge is -2.42. The van der Waals surface area contributed by atoms with Crippen LogP contribution >= 0.6 is 0 Å². The number of hydrogen-bond acceptors (Lipinski definition) is 2. The molecule has 3 nitrogen and oxygen atoms in total. The Balaban J connectivity index is 3.21. The van der Waals surface area contributed by atoms with Gasteiger partial charge in [0.05, 0.1) is 6.42 Å². The molecule has 1 unspecified atom stereocenters. The number of hydrogen-bond donors (Lipinski definition) is 1. The van der Waals surface area contributed by atoms with Crippen LogP contribution in [-0.4, -0.2) is 19.4 Å². The van der Waals surface area contributed by atoms with Crippen LogP contribution in [-0.2, 0) is 11.2 Å². The Morgan fingerprint density at radius 3 is 2.08 bits per heavy atom. The maximum Gasteiger partial charge on any atom is 0.303 e. The van der Waals surface area contributed by atoms with Crippen molar-refractivity contribution in [1.29, 1.82) is 0 Å². The molecule has 0 radical (unpaired) electrons. The van der Waals surface area contributed by atoms with E-state index < -0.39 is 14.3 Å². The Labute approximate surface area is 154 Å². The number of carboxylic acids is 1. The molecule has 4 heteroatoms. The lowest BCUT2D eigenvalue weighted by Crippen LogP contribution is -2.50. The fourth-order valence-electron chi connectivity index (χ4n) is 4.06. The maximum absolute atomic E-state index is 11.1. The third kappa shape index (κ3) is 5.21. The standard InChI is InChI=1S/C21H34O3Si/c1-8-18(14-21(22)23)13-19-11-9-10-12-20(19)24-25(15(2)3,16(4)5)17(6)7/h8-12,15-18H,1,13-14H2,2-7H3,(H,22,23). The highest BCUT2D eigenvalue weighted by Gasteiger charge is 2.47. The van der Waals surface area contributed by atoms with E-state index in [1.807, 2.05) is 24.3 Å². The van der Waals surface area contributed by atoms with Crippen molar-refractivity contribution < 1.29 is 14.3 Å². The van der Waals surface area contributed by atoms with Gasteiger partial charge in [0, 0.05) is 0 Å². The lowest BCUT2D eigenvalue weighted by molar-refractivity contribution is -0.137. The Morgan fingerprint density at radius 2 is 1.64 bits per heavy atom. The Kier molecular flexibility index (Phi) is 7.93. The van der Waals surface area contributed by atoms with Gasteiger partial charge in [-0.15, -0.1) is 6.58 Å². The Hall–Kier alpha value is -1.55. The van der Waals surface area contributed by atoms with Crippen molar-refractivity contribution >= 4 is 14.3 Å². The van der Waals surface area contributed by atoms with Crippen LogP contribution in [0.2, 0.25) is 16.6 Å². The fourth-order valence-corrected chi connectivity index (χ4v) is 9.35. The van der Waals surface area contributed by atoms with Gasteiger partial charge in [-0.2, -0.15) is 0 Å². The highest BCUT2D eigenvalue weighted by Crippen LogP contribution is 2.43. The van der Waals surface area contributed by atoms with Gasteiger partial charge in [-0.1, -0.05) is 65.8 Å². The molecule has 0 aliphatic heterocycles. The van der Waals surface area contributed by atoms with Crippen LogP contribution in [0, 0.1) is 5.92 Å². The Bertz CT molecular complexity index is 556. The average Bonchev–Trinajstić information content (AvgIpc) is 2.51. The molecule has 0 heterocycles. The molecular formula is C21H34O3Si. The summed E-state index contributed by atoms with van der Waals surface area (Å²) in [5.41, 5.74) is 2.56. The molecule has 1 aromatic rings. The Morgan fingerprint density at radius 1 is 1.12 bits per heavy atom. The van der Waals surface area contributed by atoms with E-state index >= 15 is 0 Å². The molecule has 1 N–H and O–H groups in total. The summed E-state index contributed by atoms with van der Waals surface area (Å²) in [7, 11) is -2.04. The van der Waals surface area contributed by atoms with E-state index in [1.165, 1.54) is 0 Å². The van der Waals surface area contributed by atoms with Crippen LogP contribution in [0.1, 0.15) is 53.5 Å². The predicted molar refractivity (Wildman–Crippen MR) is 108 cm³/mol. The first-order chi connectivity index (χ1) is 11.6. The van der Waals surface area contributed by atoms with Crippen molar-refractivity contribution in [2.45, 2.75) is 71.0 Å². The summed E-state index contributed by atoms with van der Waals surface area (Å²) < 4.78 is 6.83. The minimum Gasteiger partial charge on any atom is -0.543 e. The number of aliphatic carboxylic acids is 1. The van der Waals surface area contributed by atoms with Crippen LogP contribution in [0.4, 0.5) is 0 Å². The lowest BCUT2D eigenvalue weighted by atomic mass is 9.96. The molecule has 0 saturated carbocycles. The number of rotatable bonds is 10. The topological polar surface area (TPSA) is 46.5 Å². The minimum atomic E-state index is -2.04. The van der Waals surface area contributed by atoms with Gasteiger partial charge in [-0.05, 0) is 40.6 Å². The van der Waals surface area contributed by atoms with Crippen LogP contribution in [0.3, 0.4) is 0 Å². The molecule has 25 heavy (non-hydrogen) atoms. The molecular weight excluding hydrogens is 328 g/mol. The zero-order valence-electron chi connectivity index (χ0n) is 16.6. The molecule has 1 atom stereocenters. The van der Waals surface area contributed by atoms with E-state index in [2.05, 4.69) is 48.1 Å². The van der Waals surface area contributed by atoms with Gasteiger partial charge < -0.3 is 9.53 Å². The highest BCUT2D eigenvalue weighted by molar-refractivity contribution is 6.78. The zero-order chi connectivity index (χ0) is 19.2. The van der Waals surface area contributed by atoms with Crippen LogP contribution < -0.4 is 4.43 Å². The summed E-state index contributed by atoms with van der Waals surface area (Å²) in [6, 6.07) is 8.07. The number of allylic oxidation sites excluding steroid dienone is 1. The van der Waals surface area contributed by atoms with Gasteiger partial charge in [-0.3, -0.25) is 4.79 Å². The van der Waals surface area contributed by atoms with Crippen molar-refractivity contribution in [3.8, 4) is 5.75 Å². The first-order valence-corrected chi connectivity index (χ1v) is 11.4. The zero-order valence-corrected chi connectivity index (χ0v) is 17.6. The maximum atomic E-state index is 11.1. The van der Waals surface area contributed by atoms with Gasteiger partial charge in [0.2, 0.25) is 0 Å². The molecule has 0 aliphatic carbocycles. The largest absolute Gasteiger partial charge is 0.543 e. The van der Waals surface area contributed by atoms with Crippen LogP contribution in [0.25, 0.3) is 0 Å². The second kappa shape index (κ2) is 9.23. The summed E-state index contributed by atoms with van der Waals surface area (Å²) in [6.07, 6.45) is 2.48. The smallest absolute Gasteiger partial charge is 0.303 e. The third-order valence-corrected chi connectivity index (χ3v) is 11.2. The summed E-state index contributed by atoms with van der Waals surface area (Å²) in [5.74, 6) is 0.0385. The van der Waals surface area contributed by atoms with Gasteiger partial charge in [0.25, 0.3) is 8.32 Å². The average molecular weight is 363 g/mol. The molecule has 0 saturated heterocycles. The van der Waals surface area contributed by atoms with Crippen molar-refractivity contribution in [1.82, 2.24) is 0 Å². The SMILES string of the molecule is C=CC(CC(=O)O)Cc1ccccc1O[Si](C(C)C)(C(C)C)C(C)C. The van der Waals surface area contributed by atoms with E-state index in [0.29, 0.717) is 23.0 Å². The first kappa shape index (κ1) is 21.5. The van der Waals surface area contributed by atoms with Crippen LogP contribution in [0.15, 0.2) is 36.9 Å². The van der Waals surface area contributed by atoms with E-state index in [0.717, 1.165) is 11.3 Å². The second-order valence-corrected chi connectivity index (χ2v) is 13.2. The summed E-state index contributed by atoms with van der Waals surface area (Å²) in [4.78, 5) is 11.1. The third-order valence-electron chi connectivity index (χ3n) is 5.22. The summed E-state index contributed by atoms with van der Waals surface area (Å²) in [5, 5.41) is 9.09. The van der Waals surface area contributed by atoms with Gasteiger partial charge in [0.1, 0.15) is 5.75 Å². The molecule has 0 amide bonds. The number of benzene rings is 1. The van der Waals surface area contributed by atoms with E-state index in [-0.39, 0.29) is 12.3 Å². The molecule has 0 bridgehead atoms. The molecule has 0 aromatic heterocycles. The normalized spacial score (nSPS) is 13.3. The molecule has 0 fully saturated rings. The predicted octanol–water partition coefficient (Wildman–Crippen LogP) is 6.06. The van der Waals surface area contributed by atoms with E-state index in [9.17, 15) is 4.79 Å². The summed E-state index contributed by atoms with van der Waals surface area (Å²) in [6.45, 7) is 17.4. The van der Waals surface area contributed by atoms with Gasteiger partial charge in [0.15, 0.2) is 0 Å². The number of para-hydroxylation sites is 1. The molecule has 0 spiro atoms. The van der Waals surface area contributed by atoms with Gasteiger partial charge >= 0.3 is 5.97 Å². The number of carbonyl (C=O) groups is 1. The highest BCUT2D eigenvalue weighted by atomic mass is 28.4. The summed E-state index contributed by atoms with van der Waals surface area (Å²) >= 11 is 0. The van der Waals surface area contributed by atoms with Crippen molar-refractivity contribution in [2.24, 2.45) is 5.92 Å². The molecule has 140 valence electrons. The molecule has 1 rings (SSSR count). The van der Waals surface area contributed by atoms with Crippen molar-refractivity contribution in [2.75, 3.05) is 0 Å². The van der Waals surface area contributed by atoms with Crippen molar-refractivity contribution in [3.05, 3.63) is 42.5 Å². The molecule has 1 aromatic carbocycles. The van der Waals surface area contributed by atoms with E-state index in [4.69, 9.17) is 9.53 Å². The monoisotopic (exact) mass is 362 g/mol. The minimum absolute atomic E-state index is 0.0875. The first-order valence-electron chi connectivity index (χ1n) is 9.26. The second-order valence-electron chi connectivity index (χ2n) is 7.83.